The van der Waals surface area contributed by atoms with Gasteiger partial charge in [-0.15, -0.1) is 6.58 Å². The zero-order valence-electron chi connectivity index (χ0n) is 10.5. The van der Waals surface area contributed by atoms with E-state index in [1.165, 1.54) is 11.1 Å². The molecule has 0 spiro atoms. The molecule has 18 heavy (non-hydrogen) atoms. The van der Waals surface area contributed by atoms with Gasteiger partial charge in [0.1, 0.15) is 12.4 Å². The Labute approximate surface area is 109 Å². The van der Waals surface area contributed by atoms with E-state index in [4.69, 9.17) is 4.74 Å². The summed E-state index contributed by atoms with van der Waals surface area (Å²) in [6.07, 6.45) is 4.01. The Morgan fingerprint density at radius 2 is 1.61 bits per heavy atom. The topological polar surface area (TPSA) is 9.23 Å². The van der Waals surface area contributed by atoms with E-state index >= 15 is 0 Å². The summed E-state index contributed by atoms with van der Waals surface area (Å²) >= 11 is 0. The standard InChI is InChI=1S/C17H18O/c1-2-3-7-15-10-12-17(13-11-15)18-14-16-8-5-4-6-9-16/h2,4-6,8-13H,1,3,7,14H2. The Balaban J connectivity index is 1.88. The molecule has 0 aliphatic rings. The molecule has 2 aromatic rings. The molecule has 0 bridgehead atoms. The van der Waals surface area contributed by atoms with Gasteiger partial charge < -0.3 is 4.74 Å². The lowest BCUT2D eigenvalue weighted by molar-refractivity contribution is 0.306. The summed E-state index contributed by atoms with van der Waals surface area (Å²) in [5, 5.41) is 0. The van der Waals surface area contributed by atoms with Crippen LogP contribution < -0.4 is 4.74 Å². The van der Waals surface area contributed by atoms with Crippen molar-refractivity contribution in [3.63, 3.8) is 0 Å². The molecule has 0 atom stereocenters. The molecule has 2 aromatic carbocycles. The highest BCUT2D eigenvalue weighted by Gasteiger charge is 1.96. The Kier molecular flexibility index (Phi) is 4.60. The normalized spacial score (nSPS) is 10.0. The Morgan fingerprint density at radius 3 is 2.28 bits per heavy atom. The van der Waals surface area contributed by atoms with Crippen LogP contribution in [0.4, 0.5) is 0 Å². The molecule has 0 aromatic heterocycles. The van der Waals surface area contributed by atoms with Crippen LogP contribution in [0.25, 0.3) is 0 Å². The largest absolute Gasteiger partial charge is 0.489 e. The van der Waals surface area contributed by atoms with Crippen LogP contribution in [0.1, 0.15) is 17.5 Å². The molecule has 1 heteroatoms. The van der Waals surface area contributed by atoms with E-state index in [1.54, 1.807) is 0 Å². The van der Waals surface area contributed by atoms with Gasteiger partial charge in [0.05, 0.1) is 0 Å². The van der Waals surface area contributed by atoms with Crippen molar-refractivity contribution in [2.45, 2.75) is 19.4 Å². The first-order valence-corrected chi connectivity index (χ1v) is 6.25. The summed E-state index contributed by atoms with van der Waals surface area (Å²) in [5.74, 6) is 0.918. The number of rotatable bonds is 6. The van der Waals surface area contributed by atoms with Crippen molar-refractivity contribution >= 4 is 0 Å². The fourth-order valence-corrected chi connectivity index (χ4v) is 1.76. The molecule has 0 heterocycles. The van der Waals surface area contributed by atoms with Crippen LogP contribution in [0, 0.1) is 0 Å². The van der Waals surface area contributed by atoms with Crippen molar-refractivity contribution in [1.82, 2.24) is 0 Å². The number of allylic oxidation sites excluding steroid dienone is 1. The second-order valence-electron chi connectivity index (χ2n) is 4.25. The first-order chi connectivity index (χ1) is 8.88. The second kappa shape index (κ2) is 6.65. The molecule has 0 saturated heterocycles. The van der Waals surface area contributed by atoms with E-state index in [0.717, 1.165) is 18.6 Å². The number of hydrogen-bond donors (Lipinski definition) is 0. The fourth-order valence-electron chi connectivity index (χ4n) is 1.76. The highest BCUT2D eigenvalue weighted by atomic mass is 16.5. The second-order valence-corrected chi connectivity index (χ2v) is 4.25. The average molecular weight is 238 g/mol. The first-order valence-electron chi connectivity index (χ1n) is 6.25. The van der Waals surface area contributed by atoms with Gasteiger partial charge in [-0.1, -0.05) is 48.5 Å². The van der Waals surface area contributed by atoms with Crippen LogP contribution in [0.3, 0.4) is 0 Å². The minimum atomic E-state index is 0.618. The van der Waals surface area contributed by atoms with E-state index in [2.05, 4.69) is 30.8 Å². The van der Waals surface area contributed by atoms with Gasteiger partial charge in [-0.2, -0.15) is 0 Å². The van der Waals surface area contributed by atoms with E-state index < -0.39 is 0 Å². The smallest absolute Gasteiger partial charge is 0.119 e. The summed E-state index contributed by atoms with van der Waals surface area (Å²) in [6.45, 7) is 4.35. The van der Waals surface area contributed by atoms with Crippen LogP contribution >= 0.6 is 0 Å². The van der Waals surface area contributed by atoms with Crippen LogP contribution in [-0.2, 0) is 13.0 Å². The lowest BCUT2D eigenvalue weighted by Crippen LogP contribution is -1.95. The Bertz CT molecular complexity index is 471. The summed E-state index contributed by atoms with van der Waals surface area (Å²) in [6, 6.07) is 18.5. The number of benzene rings is 2. The molecule has 0 saturated carbocycles. The van der Waals surface area contributed by atoms with Gasteiger partial charge in [-0.05, 0) is 36.1 Å². The lowest BCUT2D eigenvalue weighted by Gasteiger charge is -2.07. The third-order valence-electron chi connectivity index (χ3n) is 2.81. The third kappa shape index (κ3) is 3.77. The molecule has 0 radical (unpaired) electrons. The van der Waals surface area contributed by atoms with Crippen molar-refractivity contribution in [3.05, 3.63) is 78.4 Å². The van der Waals surface area contributed by atoms with Crippen LogP contribution in [0.5, 0.6) is 5.75 Å². The van der Waals surface area contributed by atoms with Gasteiger partial charge in [0, 0.05) is 0 Å². The van der Waals surface area contributed by atoms with Gasteiger partial charge in [0.25, 0.3) is 0 Å². The number of hydrogen-bond acceptors (Lipinski definition) is 1. The summed E-state index contributed by atoms with van der Waals surface area (Å²) in [7, 11) is 0. The van der Waals surface area contributed by atoms with E-state index in [1.807, 2.05) is 36.4 Å². The zero-order valence-corrected chi connectivity index (χ0v) is 10.5. The maximum atomic E-state index is 5.73. The third-order valence-corrected chi connectivity index (χ3v) is 2.81. The number of aryl methyl sites for hydroxylation is 1. The molecule has 0 amide bonds. The predicted molar refractivity (Wildman–Crippen MR) is 75.7 cm³/mol. The highest BCUT2D eigenvalue weighted by Crippen LogP contribution is 2.15. The Morgan fingerprint density at radius 1 is 0.889 bits per heavy atom. The molecule has 1 nitrogen and oxygen atoms in total. The molecule has 92 valence electrons. The SMILES string of the molecule is C=CCCc1ccc(OCc2ccccc2)cc1. The average Bonchev–Trinajstić information content (AvgIpc) is 2.45. The van der Waals surface area contributed by atoms with Crippen molar-refractivity contribution < 1.29 is 4.74 Å². The fraction of sp³-hybridized carbons (Fsp3) is 0.176. The molecular weight excluding hydrogens is 220 g/mol. The zero-order chi connectivity index (χ0) is 12.6. The van der Waals surface area contributed by atoms with Crippen molar-refractivity contribution in [2.75, 3.05) is 0 Å². The molecular formula is C17H18O. The van der Waals surface area contributed by atoms with Crippen LogP contribution in [-0.4, -0.2) is 0 Å². The molecule has 0 aliphatic heterocycles. The summed E-state index contributed by atoms with van der Waals surface area (Å²) < 4.78 is 5.73. The molecule has 0 fully saturated rings. The molecule has 2 rings (SSSR count). The monoisotopic (exact) mass is 238 g/mol. The maximum Gasteiger partial charge on any atom is 0.119 e. The maximum absolute atomic E-state index is 5.73. The summed E-state index contributed by atoms with van der Waals surface area (Å²) in [5.41, 5.74) is 2.51. The minimum absolute atomic E-state index is 0.618. The quantitative estimate of drug-likeness (QED) is 0.678. The predicted octanol–water partition coefficient (Wildman–Crippen LogP) is 4.38. The van der Waals surface area contributed by atoms with E-state index in [-0.39, 0.29) is 0 Å². The van der Waals surface area contributed by atoms with Gasteiger partial charge in [-0.25, -0.2) is 0 Å². The van der Waals surface area contributed by atoms with Crippen LogP contribution in [0.15, 0.2) is 67.3 Å². The summed E-state index contributed by atoms with van der Waals surface area (Å²) in [4.78, 5) is 0. The van der Waals surface area contributed by atoms with Crippen molar-refractivity contribution in [3.8, 4) is 5.75 Å². The van der Waals surface area contributed by atoms with Crippen LogP contribution in [0.2, 0.25) is 0 Å². The van der Waals surface area contributed by atoms with Gasteiger partial charge in [0.15, 0.2) is 0 Å². The van der Waals surface area contributed by atoms with Gasteiger partial charge in [-0.3, -0.25) is 0 Å². The van der Waals surface area contributed by atoms with Gasteiger partial charge >= 0.3 is 0 Å². The van der Waals surface area contributed by atoms with Crippen molar-refractivity contribution in [2.24, 2.45) is 0 Å². The minimum Gasteiger partial charge on any atom is -0.489 e. The highest BCUT2D eigenvalue weighted by molar-refractivity contribution is 5.28. The van der Waals surface area contributed by atoms with Gasteiger partial charge in [0.2, 0.25) is 0 Å². The lowest BCUT2D eigenvalue weighted by atomic mass is 10.1. The van der Waals surface area contributed by atoms with Crippen molar-refractivity contribution in [1.29, 1.82) is 0 Å². The van der Waals surface area contributed by atoms with E-state index in [9.17, 15) is 0 Å². The molecule has 0 aliphatic carbocycles. The molecule has 0 unspecified atom stereocenters. The molecule has 0 N–H and O–H groups in total. The Hall–Kier alpha value is -2.02. The first kappa shape index (κ1) is 12.4. The van der Waals surface area contributed by atoms with E-state index in [0.29, 0.717) is 6.61 Å². The number of ether oxygens (including phenoxy) is 1.